The fourth-order valence-corrected chi connectivity index (χ4v) is 3.95. The number of guanidine groups is 1. The number of nitro groups is 1. The van der Waals surface area contributed by atoms with Crippen LogP contribution in [0.4, 0.5) is 5.69 Å². The van der Waals surface area contributed by atoms with Crippen molar-refractivity contribution in [2.24, 2.45) is 4.99 Å². The Balaban J connectivity index is 0.00000288. The standard InChI is InChI=1S/C16H24N4O2S.HI/c1-3-23-15-8-7-13(10-15)19-16(17-2)18-11-12-5-4-6-14(9-12)20(21)22;/h4-6,9,13,15H,3,7-8,10-11H2,1-2H3,(H2,17,18,19);1H. The Labute approximate surface area is 164 Å². The van der Waals surface area contributed by atoms with E-state index in [1.807, 2.05) is 17.8 Å². The lowest BCUT2D eigenvalue weighted by molar-refractivity contribution is -0.384. The summed E-state index contributed by atoms with van der Waals surface area (Å²) in [7, 11) is 1.75. The first kappa shape index (κ1) is 21.0. The Kier molecular flexibility index (Phi) is 9.42. The molecule has 0 aromatic heterocycles. The van der Waals surface area contributed by atoms with E-state index in [0.29, 0.717) is 12.6 Å². The SMILES string of the molecule is CCSC1CCC(NC(=NC)NCc2cccc([N+](=O)[O-])c2)C1.I. The van der Waals surface area contributed by atoms with Crippen LogP contribution in [0.3, 0.4) is 0 Å². The summed E-state index contributed by atoms with van der Waals surface area (Å²) in [5, 5.41) is 18.2. The molecule has 0 spiro atoms. The van der Waals surface area contributed by atoms with Crippen molar-refractivity contribution in [3.8, 4) is 0 Å². The van der Waals surface area contributed by atoms with Gasteiger partial charge in [-0.3, -0.25) is 15.1 Å². The van der Waals surface area contributed by atoms with Crippen molar-refractivity contribution in [2.45, 2.75) is 44.0 Å². The number of halogens is 1. The van der Waals surface area contributed by atoms with Gasteiger partial charge in [-0.1, -0.05) is 19.1 Å². The molecular weight excluding hydrogens is 439 g/mol. The average Bonchev–Trinajstić information content (AvgIpc) is 2.99. The van der Waals surface area contributed by atoms with Crippen molar-refractivity contribution >= 4 is 47.4 Å². The maximum Gasteiger partial charge on any atom is 0.269 e. The molecule has 8 heteroatoms. The van der Waals surface area contributed by atoms with Gasteiger partial charge in [0.15, 0.2) is 5.96 Å². The molecule has 1 aromatic rings. The van der Waals surface area contributed by atoms with Gasteiger partial charge in [0.05, 0.1) is 4.92 Å². The Morgan fingerprint density at radius 1 is 1.46 bits per heavy atom. The number of nitrogens with zero attached hydrogens (tertiary/aromatic N) is 2. The topological polar surface area (TPSA) is 79.6 Å². The van der Waals surface area contributed by atoms with Crippen LogP contribution in [0.1, 0.15) is 31.7 Å². The van der Waals surface area contributed by atoms with E-state index in [1.54, 1.807) is 19.2 Å². The number of nitro benzene ring substituents is 1. The van der Waals surface area contributed by atoms with Gasteiger partial charge in [0.25, 0.3) is 5.69 Å². The van der Waals surface area contributed by atoms with Crippen molar-refractivity contribution in [1.82, 2.24) is 10.6 Å². The zero-order chi connectivity index (χ0) is 16.7. The van der Waals surface area contributed by atoms with Crippen LogP contribution < -0.4 is 10.6 Å². The van der Waals surface area contributed by atoms with Crippen LogP contribution in [0.25, 0.3) is 0 Å². The van der Waals surface area contributed by atoms with E-state index in [2.05, 4.69) is 22.5 Å². The molecule has 6 nitrogen and oxygen atoms in total. The predicted molar refractivity (Wildman–Crippen MR) is 111 cm³/mol. The number of nitrogens with one attached hydrogen (secondary N) is 2. The summed E-state index contributed by atoms with van der Waals surface area (Å²) < 4.78 is 0. The van der Waals surface area contributed by atoms with E-state index < -0.39 is 0 Å². The lowest BCUT2D eigenvalue weighted by Crippen LogP contribution is -2.42. The van der Waals surface area contributed by atoms with Gasteiger partial charge in [-0.05, 0) is 30.6 Å². The summed E-state index contributed by atoms with van der Waals surface area (Å²) in [6.45, 7) is 2.71. The summed E-state index contributed by atoms with van der Waals surface area (Å²) >= 11 is 2.03. The number of aliphatic imine (C=N–C) groups is 1. The zero-order valence-corrected chi connectivity index (χ0v) is 17.2. The molecule has 0 aliphatic heterocycles. The van der Waals surface area contributed by atoms with Crippen molar-refractivity contribution in [3.05, 3.63) is 39.9 Å². The number of thioether (sulfide) groups is 1. The minimum Gasteiger partial charge on any atom is -0.354 e. The molecule has 1 fully saturated rings. The highest BCUT2D eigenvalue weighted by Crippen LogP contribution is 2.29. The van der Waals surface area contributed by atoms with Gasteiger partial charge in [-0.15, -0.1) is 24.0 Å². The maximum atomic E-state index is 10.8. The van der Waals surface area contributed by atoms with Gasteiger partial charge in [-0.2, -0.15) is 11.8 Å². The monoisotopic (exact) mass is 464 g/mol. The second-order valence-corrected chi connectivity index (χ2v) is 7.16. The second kappa shape index (κ2) is 10.8. The first-order valence-corrected chi connectivity index (χ1v) is 8.99. The molecule has 2 rings (SSSR count). The van der Waals surface area contributed by atoms with Gasteiger partial charge < -0.3 is 10.6 Å². The van der Waals surface area contributed by atoms with Crippen LogP contribution in [0.5, 0.6) is 0 Å². The fourth-order valence-electron chi connectivity index (χ4n) is 2.81. The Morgan fingerprint density at radius 3 is 2.92 bits per heavy atom. The quantitative estimate of drug-likeness (QED) is 0.221. The fraction of sp³-hybridized carbons (Fsp3) is 0.562. The molecule has 1 saturated carbocycles. The van der Waals surface area contributed by atoms with Crippen LogP contribution in [-0.4, -0.2) is 35.0 Å². The molecule has 0 radical (unpaired) electrons. The zero-order valence-electron chi connectivity index (χ0n) is 14.0. The van der Waals surface area contributed by atoms with Gasteiger partial charge in [0.2, 0.25) is 0 Å². The average molecular weight is 464 g/mol. The summed E-state index contributed by atoms with van der Waals surface area (Å²) in [6, 6.07) is 7.12. The molecular formula is C16H25IN4O2S. The Morgan fingerprint density at radius 2 is 2.25 bits per heavy atom. The molecule has 0 saturated heterocycles. The van der Waals surface area contributed by atoms with Crippen LogP contribution >= 0.6 is 35.7 Å². The number of hydrogen-bond acceptors (Lipinski definition) is 4. The minimum absolute atomic E-state index is 0. The molecule has 2 unspecified atom stereocenters. The van der Waals surface area contributed by atoms with Crippen molar-refractivity contribution in [1.29, 1.82) is 0 Å². The maximum absolute atomic E-state index is 10.8. The highest BCUT2D eigenvalue weighted by atomic mass is 127. The molecule has 0 bridgehead atoms. The summed E-state index contributed by atoms with van der Waals surface area (Å²) in [6.07, 6.45) is 3.57. The van der Waals surface area contributed by atoms with Crippen LogP contribution in [0.15, 0.2) is 29.3 Å². The smallest absolute Gasteiger partial charge is 0.269 e. The third-order valence-corrected chi connectivity index (χ3v) is 5.17. The highest BCUT2D eigenvalue weighted by molar-refractivity contribution is 14.0. The Bertz CT molecular complexity index is 571. The molecule has 2 N–H and O–H groups in total. The molecule has 134 valence electrons. The number of non-ortho nitro benzene ring substituents is 1. The largest absolute Gasteiger partial charge is 0.354 e. The lowest BCUT2D eigenvalue weighted by atomic mass is 10.2. The van der Waals surface area contributed by atoms with Crippen LogP contribution in [0, 0.1) is 10.1 Å². The van der Waals surface area contributed by atoms with Gasteiger partial charge in [0, 0.05) is 37.0 Å². The predicted octanol–water partition coefficient (Wildman–Crippen LogP) is 3.55. The van der Waals surface area contributed by atoms with Crippen LogP contribution in [0.2, 0.25) is 0 Å². The van der Waals surface area contributed by atoms with E-state index >= 15 is 0 Å². The number of benzene rings is 1. The van der Waals surface area contributed by atoms with Crippen molar-refractivity contribution in [3.63, 3.8) is 0 Å². The molecule has 0 amide bonds. The first-order chi connectivity index (χ1) is 11.1. The van der Waals surface area contributed by atoms with Crippen molar-refractivity contribution < 1.29 is 4.92 Å². The van der Waals surface area contributed by atoms with E-state index in [9.17, 15) is 10.1 Å². The lowest BCUT2D eigenvalue weighted by Gasteiger charge is -2.17. The van der Waals surface area contributed by atoms with Gasteiger partial charge >= 0.3 is 0 Å². The normalized spacial score (nSPS) is 20.3. The Hall–Kier alpha value is -1.03. The molecule has 2 atom stereocenters. The third kappa shape index (κ3) is 6.46. The minimum atomic E-state index is -0.374. The summed E-state index contributed by atoms with van der Waals surface area (Å²) in [5.74, 6) is 1.92. The van der Waals surface area contributed by atoms with E-state index in [-0.39, 0.29) is 34.6 Å². The first-order valence-electron chi connectivity index (χ1n) is 7.94. The molecule has 1 aliphatic carbocycles. The van der Waals surface area contributed by atoms with Gasteiger partial charge in [-0.25, -0.2) is 0 Å². The summed E-state index contributed by atoms with van der Waals surface area (Å²) in [4.78, 5) is 14.7. The third-order valence-electron chi connectivity index (χ3n) is 3.93. The van der Waals surface area contributed by atoms with Crippen LogP contribution in [-0.2, 0) is 6.54 Å². The number of rotatable bonds is 6. The second-order valence-electron chi connectivity index (χ2n) is 5.58. The van der Waals surface area contributed by atoms with E-state index in [4.69, 9.17) is 0 Å². The van der Waals surface area contributed by atoms with Crippen molar-refractivity contribution in [2.75, 3.05) is 12.8 Å². The van der Waals surface area contributed by atoms with Gasteiger partial charge in [0.1, 0.15) is 0 Å². The van der Waals surface area contributed by atoms with E-state index in [0.717, 1.165) is 35.4 Å². The highest BCUT2D eigenvalue weighted by Gasteiger charge is 2.25. The molecule has 0 heterocycles. The molecule has 1 aliphatic rings. The molecule has 24 heavy (non-hydrogen) atoms. The number of hydrogen-bond donors (Lipinski definition) is 2. The summed E-state index contributed by atoms with van der Waals surface area (Å²) in [5.41, 5.74) is 0.982. The van der Waals surface area contributed by atoms with E-state index in [1.165, 1.54) is 12.5 Å². The molecule has 1 aromatic carbocycles.